The number of hydrogen-bond acceptors (Lipinski definition) is 4. The highest BCUT2D eigenvalue weighted by atomic mass is 32.1. The summed E-state index contributed by atoms with van der Waals surface area (Å²) < 4.78 is 0. The van der Waals surface area contributed by atoms with Crippen LogP contribution in [-0.2, 0) is 4.79 Å². The maximum Gasteiger partial charge on any atom is 0.243 e. The van der Waals surface area contributed by atoms with Gasteiger partial charge < -0.3 is 10.6 Å². The summed E-state index contributed by atoms with van der Waals surface area (Å²) in [7, 11) is 0. The van der Waals surface area contributed by atoms with Gasteiger partial charge in [-0.3, -0.25) is 4.79 Å². The molecular formula is C18H33N3OS. The van der Waals surface area contributed by atoms with Crippen LogP contribution < -0.4 is 10.6 Å². The topological polar surface area (TPSA) is 54.0 Å². The molecule has 0 spiro atoms. The van der Waals surface area contributed by atoms with Gasteiger partial charge in [0.2, 0.25) is 5.91 Å². The van der Waals surface area contributed by atoms with E-state index in [-0.39, 0.29) is 11.9 Å². The third-order valence-corrected chi connectivity index (χ3v) is 5.14. The van der Waals surface area contributed by atoms with E-state index < -0.39 is 0 Å². The first-order chi connectivity index (χ1) is 11.0. The van der Waals surface area contributed by atoms with E-state index in [0.717, 1.165) is 38.5 Å². The normalized spacial score (nSPS) is 12.8. The lowest BCUT2D eigenvalue weighted by Crippen LogP contribution is -2.45. The van der Waals surface area contributed by atoms with E-state index in [0.29, 0.717) is 17.1 Å². The Morgan fingerprint density at radius 3 is 2.22 bits per heavy atom. The van der Waals surface area contributed by atoms with Gasteiger partial charge in [0.05, 0.1) is 6.04 Å². The molecule has 2 N–H and O–H groups in total. The lowest BCUT2D eigenvalue weighted by molar-refractivity contribution is -0.118. The first kappa shape index (κ1) is 20.1. The number of nitrogens with one attached hydrogen (secondary N) is 2. The van der Waals surface area contributed by atoms with Crippen molar-refractivity contribution in [1.29, 1.82) is 0 Å². The third kappa shape index (κ3) is 7.00. The number of carbonyl (C=O) groups is 1. The Labute approximate surface area is 145 Å². The second kappa shape index (κ2) is 10.8. The van der Waals surface area contributed by atoms with Gasteiger partial charge in [-0.05, 0) is 25.2 Å². The zero-order valence-electron chi connectivity index (χ0n) is 15.3. The maximum atomic E-state index is 12.6. The molecule has 0 bridgehead atoms. The monoisotopic (exact) mass is 339 g/mol. The molecule has 0 aliphatic rings. The van der Waals surface area contributed by atoms with Crippen molar-refractivity contribution in [3.8, 4) is 0 Å². The minimum absolute atomic E-state index is 0.0497. The van der Waals surface area contributed by atoms with Crippen LogP contribution in [0.15, 0.2) is 6.20 Å². The summed E-state index contributed by atoms with van der Waals surface area (Å²) in [6.45, 7) is 10.8. The fourth-order valence-electron chi connectivity index (χ4n) is 2.68. The Hall–Kier alpha value is -0.940. The van der Waals surface area contributed by atoms with Crippen LogP contribution in [0.4, 0.5) is 5.13 Å². The Balaban J connectivity index is 2.68. The number of hydrogen-bond donors (Lipinski definition) is 2. The summed E-state index contributed by atoms with van der Waals surface area (Å²) >= 11 is 1.57. The molecule has 0 aromatic carbocycles. The number of thiazole rings is 1. The van der Waals surface area contributed by atoms with Gasteiger partial charge in [0, 0.05) is 17.1 Å². The summed E-state index contributed by atoms with van der Waals surface area (Å²) in [5.41, 5.74) is 0. The van der Waals surface area contributed by atoms with Gasteiger partial charge in [0.15, 0.2) is 5.13 Å². The van der Waals surface area contributed by atoms with Crippen molar-refractivity contribution < 1.29 is 4.79 Å². The highest BCUT2D eigenvalue weighted by Crippen LogP contribution is 2.25. The molecule has 0 unspecified atom stereocenters. The summed E-state index contributed by atoms with van der Waals surface area (Å²) in [5, 5.41) is 7.28. The maximum absolute atomic E-state index is 12.6. The molecule has 132 valence electrons. The molecule has 0 saturated carbocycles. The third-order valence-electron chi connectivity index (χ3n) is 3.93. The van der Waals surface area contributed by atoms with Crippen molar-refractivity contribution in [2.24, 2.45) is 0 Å². The Morgan fingerprint density at radius 1 is 1.13 bits per heavy atom. The van der Waals surface area contributed by atoms with E-state index in [1.54, 1.807) is 11.3 Å². The number of aromatic nitrogens is 1. The first-order valence-corrected chi connectivity index (χ1v) is 9.85. The van der Waals surface area contributed by atoms with Crippen LogP contribution in [-0.4, -0.2) is 23.0 Å². The largest absolute Gasteiger partial charge is 0.303 e. The fraction of sp³-hybridized carbons (Fsp3) is 0.778. The molecule has 0 aliphatic carbocycles. The molecule has 1 amide bonds. The van der Waals surface area contributed by atoms with Gasteiger partial charge in [-0.1, -0.05) is 53.9 Å². The first-order valence-electron chi connectivity index (χ1n) is 9.04. The quantitative estimate of drug-likeness (QED) is 0.601. The molecule has 1 aromatic heterocycles. The second-order valence-electron chi connectivity index (χ2n) is 6.49. The fourth-order valence-corrected chi connectivity index (χ4v) is 3.50. The molecule has 0 saturated heterocycles. The molecule has 1 aromatic rings. The molecule has 23 heavy (non-hydrogen) atoms. The lowest BCUT2D eigenvalue weighted by atomic mass is 10.0. The average Bonchev–Trinajstić information content (AvgIpc) is 2.96. The van der Waals surface area contributed by atoms with Gasteiger partial charge in [0.1, 0.15) is 0 Å². The Kier molecular flexibility index (Phi) is 9.41. The number of anilines is 1. The summed E-state index contributed by atoms with van der Waals surface area (Å²) in [6, 6.07) is 0.296. The summed E-state index contributed by atoms with van der Waals surface area (Å²) in [5.74, 6) is 0.495. The Bertz CT molecular complexity index is 453. The van der Waals surface area contributed by atoms with E-state index in [2.05, 4.69) is 50.2 Å². The number of amides is 1. The van der Waals surface area contributed by atoms with Crippen molar-refractivity contribution in [2.75, 3.05) is 5.32 Å². The van der Waals surface area contributed by atoms with Crippen molar-refractivity contribution in [2.45, 2.75) is 91.1 Å². The molecule has 4 nitrogen and oxygen atoms in total. The minimum atomic E-state index is -0.130. The van der Waals surface area contributed by atoms with Crippen molar-refractivity contribution in [3.63, 3.8) is 0 Å². The molecule has 0 fully saturated rings. The van der Waals surface area contributed by atoms with Crippen LogP contribution in [0.1, 0.15) is 83.9 Å². The van der Waals surface area contributed by atoms with Crippen molar-refractivity contribution in [3.05, 3.63) is 11.1 Å². The molecule has 0 aliphatic heterocycles. The molecular weight excluding hydrogens is 306 g/mol. The van der Waals surface area contributed by atoms with Crippen LogP contribution in [0.2, 0.25) is 0 Å². The second-order valence-corrected chi connectivity index (χ2v) is 7.56. The number of nitrogens with zero attached hydrogens (tertiary/aromatic N) is 1. The van der Waals surface area contributed by atoms with E-state index in [1.165, 1.54) is 4.88 Å². The van der Waals surface area contributed by atoms with Crippen LogP contribution in [0, 0.1) is 0 Å². The molecule has 1 rings (SSSR count). The Morgan fingerprint density at radius 2 is 1.74 bits per heavy atom. The predicted molar refractivity (Wildman–Crippen MR) is 100 cm³/mol. The van der Waals surface area contributed by atoms with Crippen LogP contribution in [0.5, 0.6) is 0 Å². The summed E-state index contributed by atoms with van der Waals surface area (Å²) in [4.78, 5) is 18.2. The number of rotatable bonds is 11. The van der Waals surface area contributed by atoms with E-state index in [9.17, 15) is 4.79 Å². The zero-order chi connectivity index (χ0) is 17.2. The van der Waals surface area contributed by atoms with Crippen LogP contribution in [0.3, 0.4) is 0 Å². The molecule has 0 radical (unpaired) electrons. The molecule has 1 heterocycles. The van der Waals surface area contributed by atoms with Gasteiger partial charge in [-0.25, -0.2) is 4.98 Å². The van der Waals surface area contributed by atoms with E-state index in [1.807, 2.05) is 6.20 Å². The highest BCUT2D eigenvalue weighted by Gasteiger charge is 2.22. The molecule has 1 atom stereocenters. The van der Waals surface area contributed by atoms with Crippen molar-refractivity contribution >= 4 is 22.4 Å². The van der Waals surface area contributed by atoms with Crippen molar-refractivity contribution in [1.82, 2.24) is 10.3 Å². The van der Waals surface area contributed by atoms with E-state index in [4.69, 9.17) is 0 Å². The summed E-state index contributed by atoms with van der Waals surface area (Å²) in [6.07, 6.45) is 8.24. The standard InChI is InChI=1S/C18H33N3OS/c1-6-9-14(10-7-2)20-15(11-8-3)17(22)21-18-19-12-16(23-18)13(4)5/h12-15,20H,6-11H2,1-5H3,(H,19,21,22)/t15-/m0/s1. The van der Waals surface area contributed by atoms with Gasteiger partial charge in [-0.15, -0.1) is 11.3 Å². The minimum Gasteiger partial charge on any atom is -0.303 e. The van der Waals surface area contributed by atoms with Crippen LogP contribution >= 0.6 is 11.3 Å². The van der Waals surface area contributed by atoms with Crippen LogP contribution in [0.25, 0.3) is 0 Å². The zero-order valence-corrected chi connectivity index (χ0v) is 16.1. The molecule has 5 heteroatoms. The van der Waals surface area contributed by atoms with Gasteiger partial charge in [0.25, 0.3) is 0 Å². The van der Waals surface area contributed by atoms with Gasteiger partial charge >= 0.3 is 0 Å². The van der Waals surface area contributed by atoms with E-state index >= 15 is 0 Å². The predicted octanol–water partition coefficient (Wildman–Crippen LogP) is 4.93. The SMILES string of the molecule is CCCC(CCC)N[C@@H](CCC)C(=O)Nc1ncc(C(C)C)s1. The average molecular weight is 340 g/mol. The smallest absolute Gasteiger partial charge is 0.243 e. The van der Waals surface area contributed by atoms with Gasteiger partial charge in [-0.2, -0.15) is 0 Å². The number of carbonyl (C=O) groups excluding carboxylic acids is 1. The lowest BCUT2D eigenvalue weighted by Gasteiger charge is -2.24. The highest BCUT2D eigenvalue weighted by molar-refractivity contribution is 7.15.